The van der Waals surface area contributed by atoms with Gasteiger partial charge in [0.25, 0.3) is 0 Å². The summed E-state index contributed by atoms with van der Waals surface area (Å²) >= 11 is 0. The number of benzene rings is 2. The van der Waals surface area contributed by atoms with Gasteiger partial charge < -0.3 is 19.4 Å². The Morgan fingerprint density at radius 3 is 2.67 bits per heavy atom. The molecule has 0 unspecified atom stereocenters. The first-order valence-electron chi connectivity index (χ1n) is 7.52. The van der Waals surface area contributed by atoms with E-state index in [0.717, 1.165) is 22.3 Å². The molecule has 0 bridgehead atoms. The molecule has 6 heteroatoms. The van der Waals surface area contributed by atoms with E-state index in [1.165, 1.54) is 0 Å². The number of nitrogens with one attached hydrogen (secondary N) is 1. The maximum absolute atomic E-state index is 12.3. The number of nitrogens with zero attached hydrogens (tertiary/aromatic N) is 2. The third-order valence-corrected chi connectivity index (χ3v) is 3.82. The quantitative estimate of drug-likeness (QED) is 0.783. The number of ether oxygens (including phenoxy) is 2. The second-order valence-electron chi connectivity index (χ2n) is 5.47. The molecule has 0 aliphatic heterocycles. The molecule has 0 spiro atoms. The molecule has 6 nitrogen and oxygen atoms in total. The molecule has 3 aromatic rings. The van der Waals surface area contributed by atoms with Crippen molar-refractivity contribution >= 4 is 22.6 Å². The monoisotopic (exact) mass is 325 g/mol. The smallest absolute Gasteiger partial charge is 0.228 e. The molecule has 0 fully saturated rings. The predicted octanol–water partition coefficient (Wildman–Crippen LogP) is 2.77. The lowest BCUT2D eigenvalue weighted by Crippen LogP contribution is -2.14. The number of imidazole rings is 1. The minimum atomic E-state index is -0.0995. The minimum Gasteiger partial charge on any atom is -0.493 e. The highest BCUT2D eigenvalue weighted by Crippen LogP contribution is 2.27. The average molecular weight is 325 g/mol. The van der Waals surface area contributed by atoms with E-state index < -0.39 is 0 Å². The Kier molecular flexibility index (Phi) is 4.37. The van der Waals surface area contributed by atoms with Crippen LogP contribution in [0.15, 0.2) is 42.7 Å². The molecule has 1 amide bonds. The number of amides is 1. The van der Waals surface area contributed by atoms with Crippen LogP contribution in [0.25, 0.3) is 11.0 Å². The number of hydrogen-bond donors (Lipinski definition) is 1. The molecule has 0 atom stereocenters. The van der Waals surface area contributed by atoms with Crippen molar-refractivity contribution in [3.63, 3.8) is 0 Å². The maximum Gasteiger partial charge on any atom is 0.228 e. The number of rotatable bonds is 5. The number of methoxy groups -OCH3 is 2. The molecule has 1 N–H and O–H groups in total. The number of fused-ring (bicyclic) bond motifs is 1. The zero-order valence-corrected chi connectivity index (χ0v) is 13.9. The van der Waals surface area contributed by atoms with Gasteiger partial charge in [0.1, 0.15) is 0 Å². The van der Waals surface area contributed by atoms with Crippen LogP contribution in [0.3, 0.4) is 0 Å². The van der Waals surface area contributed by atoms with Crippen LogP contribution in [0.5, 0.6) is 11.5 Å². The summed E-state index contributed by atoms with van der Waals surface area (Å²) in [5.41, 5.74) is 3.45. The predicted molar refractivity (Wildman–Crippen MR) is 92.6 cm³/mol. The third-order valence-electron chi connectivity index (χ3n) is 3.82. The van der Waals surface area contributed by atoms with Gasteiger partial charge in [0.2, 0.25) is 5.91 Å². The van der Waals surface area contributed by atoms with Crippen molar-refractivity contribution < 1.29 is 14.3 Å². The molecule has 0 saturated carbocycles. The lowest BCUT2D eigenvalue weighted by molar-refractivity contribution is -0.115. The van der Waals surface area contributed by atoms with Crippen LogP contribution in [0.2, 0.25) is 0 Å². The van der Waals surface area contributed by atoms with Gasteiger partial charge in [-0.25, -0.2) is 4.98 Å². The molecule has 0 saturated heterocycles. The largest absolute Gasteiger partial charge is 0.493 e. The number of hydrogen-bond acceptors (Lipinski definition) is 4. The highest BCUT2D eigenvalue weighted by molar-refractivity contribution is 5.94. The van der Waals surface area contributed by atoms with E-state index >= 15 is 0 Å². The summed E-state index contributed by atoms with van der Waals surface area (Å²) < 4.78 is 12.4. The Balaban J connectivity index is 1.72. The van der Waals surface area contributed by atoms with E-state index in [1.54, 1.807) is 32.7 Å². The van der Waals surface area contributed by atoms with Gasteiger partial charge in [0, 0.05) is 12.7 Å². The van der Waals surface area contributed by atoms with Crippen molar-refractivity contribution in [1.82, 2.24) is 9.55 Å². The summed E-state index contributed by atoms with van der Waals surface area (Å²) in [6.45, 7) is 0. The Morgan fingerprint density at radius 2 is 1.92 bits per heavy atom. The first kappa shape index (κ1) is 15.9. The van der Waals surface area contributed by atoms with Crippen LogP contribution >= 0.6 is 0 Å². The van der Waals surface area contributed by atoms with Crippen molar-refractivity contribution in [3.8, 4) is 11.5 Å². The molecular formula is C18H19N3O3. The van der Waals surface area contributed by atoms with Gasteiger partial charge in [-0.2, -0.15) is 0 Å². The van der Waals surface area contributed by atoms with E-state index in [1.807, 2.05) is 35.9 Å². The molecule has 0 radical (unpaired) electrons. The first-order valence-corrected chi connectivity index (χ1v) is 7.52. The highest BCUT2D eigenvalue weighted by Gasteiger charge is 2.09. The topological polar surface area (TPSA) is 65.4 Å². The average Bonchev–Trinajstić information content (AvgIpc) is 2.95. The van der Waals surface area contributed by atoms with E-state index in [0.29, 0.717) is 11.5 Å². The van der Waals surface area contributed by atoms with Crippen LogP contribution in [-0.2, 0) is 18.3 Å². The maximum atomic E-state index is 12.3. The van der Waals surface area contributed by atoms with Crippen molar-refractivity contribution in [2.45, 2.75) is 6.42 Å². The number of carbonyl (C=O) groups excluding carboxylic acids is 1. The van der Waals surface area contributed by atoms with Gasteiger partial charge in [0.15, 0.2) is 11.5 Å². The van der Waals surface area contributed by atoms with Gasteiger partial charge >= 0.3 is 0 Å². The van der Waals surface area contributed by atoms with Crippen LogP contribution in [0.4, 0.5) is 5.69 Å². The molecule has 2 aromatic carbocycles. The summed E-state index contributed by atoms with van der Waals surface area (Å²) in [6.07, 6.45) is 2.00. The molecule has 3 rings (SSSR count). The van der Waals surface area contributed by atoms with Crippen molar-refractivity contribution in [2.24, 2.45) is 7.05 Å². The van der Waals surface area contributed by atoms with Crippen molar-refractivity contribution in [3.05, 3.63) is 48.3 Å². The van der Waals surface area contributed by atoms with Crippen molar-refractivity contribution in [2.75, 3.05) is 19.5 Å². The summed E-state index contributed by atoms with van der Waals surface area (Å²) in [5, 5.41) is 2.90. The Bertz CT molecular complexity index is 886. The molecule has 124 valence electrons. The number of carbonyl (C=O) groups is 1. The van der Waals surface area contributed by atoms with Crippen LogP contribution in [0.1, 0.15) is 5.56 Å². The lowest BCUT2D eigenvalue weighted by atomic mass is 10.1. The highest BCUT2D eigenvalue weighted by atomic mass is 16.5. The minimum absolute atomic E-state index is 0.0995. The second-order valence-corrected chi connectivity index (χ2v) is 5.47. The zero-order valence-electron chi connectivity index (χ0n) is 13.9. The van der Waals surface area contributed by atoms with E-state index in [9.17, 15) is 4.79 Å². The standard InChI is InChI=1S/C18H19N3O3/c1-21-11-19-14-10-13(5-6-15(14)21)20-18(22)9-12-4-7-16(23-2)17(8-12)24-3/h4-8,10-11H,9H2,1-3H3,(H,20,22). The van der Waals surface area contributed by atoms with E-state index in [2.05, 4.69) is 10.3 Å². The summed E-state index contributed by atoms with van der Waals surface area (Å²) in [4.78, 5) is 16.6. The molecule has 1 heterocycles. The third kappa shape index (κ3) is 3.17. The fourth-order valence-electron chi connectivity index (χ4n) is 2.60. The number of aromatic nitrogens is 2. The van der Waals surface area contributed by atoms with Gasteiger partial charge in [0.05, 0.1) is 38.0 Å². The van der Waals surface area contributed by atoms with E-state index in [4.69, 9.17) is 9.47 Å². The Hall–Kier alpha value is -3.02. The first-order chi connectivity index (χ1) is 11.6. The molecule has 0 aliphatic rings. The second kappa shape index (κ2) is 6.62. The molecular weight excluding hydrogens is 306 g/mol. The fraction of sp³-hybridized carbons (Fsp3) is 0.222. The summed E-state index contributed by atoms with van der Waals surface area (Å²) in [5.74, 6) is 1.15. The fourth-order valence-corrected chi connectivity index (χ4v) is 2.60. The Labute approximate surface area is 140 Å². The number of anilines is 1. The van der Waals surface area contributed by atoms with Gasteiger partial charge in [-0.3, -0.25) is 4.79 Å². The van der Waals surface area contributed by atoms with Crippen LogP contribution in [-0.4, -0.2) is 29.7 Å². The summed E-state index contributed by atoms with van der Waals surface area (Å²) in [6, 6.07) is 11.1. The lowest BCUT2D eigenvalue weighted by Gasteiger charge is -2.10. The van der Waals surface area contributed by atoms with Gasteiger partial charge in [-0.05, 0) is 35.9 Å². The Morgan fingerprint density at radius 1 is 1.12 bits per heavy atom. The normalized spacial score (nSPS) is 10.6. The molecule has 24 heavy (non-hydrogen) atoms. The SMILES string of the molecule is COc1ccc(CC(=O)Nc2ccc3c(c2)ncn3C)cc1OC. The van der Waals surface area contributed by atoms with E-state index in [-0.39, 0.29) is 12.3 Å². The molecule has 1 aromatic heterocycles. The van der Waals surface area contributed by atoms with Crippen LogP contribution < -0.4 is 14.8 Å². The van der Waals surface area contributed by atoms with Gasteiger partial charge in [-0.1, -0.05) is 6.07 Å². The van der Waals surface area contributed by atoms with Gasteiger partial charge in [-0.15, -0.1) is 0 Å². The molecule has 0 aliphatic carbocycles. The van der Waals surface area contributed by atoms with Crippen LogP contribution in [0, 0.1) is 0 Å². The number of aryl methyl sites for hydroxylation is 1. The zero-order chi connectivity index (χ0) is 17.1. The van der Waals surface area contributed by atoms with Crippen molar-refractivity contribution in [1.29, 1.82) is 0 Å². The summed E-state index contributed by atoms with van der Waals surface area (Å²) in [7, 11) is 5.09.